The van der Waals surface area contributed by atoms with E-state index in [1.807, 2.05) is 33.9 Å². The fourth-order valence-corrected chi connectivity index (χ4v) is 3.68. The van der Waals surface area contributed by atoms with Gasteiger partial charge in [0.15, 0.2) is 0 Å². The van der Waals surface area contributed by atoms with Crippen LogP contribution in [0.5, 0.6) is 0 Å². The lowest BCUT2D eigenvalue weighted by Gasteiger charge is -2.32. The van der Waals surface area contributed by atoms with Gasteiger partial charge in [-0.2, -0.15) is 0 Å². The second kappa shape index (κ2) is 8.25. The summed E-state index contributed by atoms with van der Waals surface area (Å²) in [6.45, 7) is 16.1. The lowest BCUT2D eigenvalue weighted by Crippen LogP contribution is -2.41. The highest BCUT2D eigenvalue weighted by Crippen LogP contribution is 2.37. The quantitative estimate of drug-likeness (QED) is 0.755. The number of ether oxygens (including phenoxy) is 1. The largest absolute Gasteiger partial charge is 0.497 e. The summed E-state index contributed by atoms with van der Waals surface area (Å²) in [6, 6.07) is 3.05. The molecule has 8 heteroatoms. The van der Waals surface area contributed by atoms with Crippen molar-refractivity contribution in [3.63, 3.8) is 0 Å². The minimum absolute atomic E-state index is 0.365. The molecule has 0 bridgehead atoms. The van der Waals surface area contributed by atoms with E-state index >= 15 is 0 Å². The third kappa shape index (κ3) is 5.36. The number of hydrogen-bond acceptors (Lipinski definition) is 4. The lowest BCUT2D eigenvalue weighted by atomic mass is 9.79. The minimum Gasteiger partial charge on any atom is -0.399 e. The maximum absolute atomic E-state index is 6.25. The van der Waals surface area contributed by atoms with Crippen LogP contribution in [0.15, 0.2) is 18.5 Å². The van der Waals surface area contributed by atoms with Crippen LogP contribution in [0.2, 0.25) is 30.7 Å². The van der Waals surface area contributed by atoms with Crippen LogP contribution in [0.1, 0.15) is 27.7 Å². The van der Waals surface area contributed by atoms with Crippen LogP contribution < -0.4 is 5.46 Å². The molecule has 0 aliphatic carbocycles. The van der Waals surface area contributed by atoms with E-state index in [0.29, 0.717) is 5.02 Å². The van der Waals surface area contributed by atoms with Crippen molar-refractivity contribution in [1.29, 1.82) is 0 Å². The zero-order chi connectivity index (χ0) is 20.5. The van der Waals surface area contributed by atoms with Gasteiger partial charge in [0, 0.05) is 45.0 Å². The molecule has 0 radical (unpaired) electrons. The van der Waals surface area contributed by atoms with Crippen molar-refractivity contribution in [3.8, 4) is 0 Å². The summed E-state index contributed by atoms with van der Waals surface area (Å²) < 4.78 is 17.0. The number of rotatable bonds is 4. The third-order valence-electron chi connectivity index (χ3n) is 5.12. The molecule has 0 aromatic carbocycles. The predicted octanol–water partition coefficient (Wildman–Crippen LogP) is 4.49. The maximum atomic E-state index is 6.25. The molecule has 1 aliphatic rings. The first kappa shape index (κ1) is 22.4. The number of H-pyrrole nitrogens is 1. The Morgan fingerprint density at radius 3 is 2.26 bits per heavy atom. The summed E-state index contributed by atoms with van der Waals surface area (Å²) in [6.07, 6.45) is 3.53. The average molecular weight is 411 g/mol. The molecule has 0 atom stereocenters. The van der Waals surface area contributed by atoms with Crippen molar-refractivity contribution >= 4 is 43.3 Å². The normalized spacial score (nSPS) is 18.5. The Kier molecular flexibility index (Phi) is 6.85. The van der Waals surface area contributed by atoms with Crippen molar-refractivity contribution in [2.24, 2.45) is 0 Å². The Balaban J connectivity index is 0.000000279. The number of nitrogens with zero attached hydrogens (tertiary/aromatic N) is 1. The molecular formula is C19H32BClN2O3Si. The van der Waals surface area contributed by atoms with Gasteiger partial charge in [-0.1, -0.05) is 31.2 Å². The van der Waals surface area contributed by atoms with Crippen LogP contribution in [0, 0.1) is 0 Å². The minimum atomic E-state index is -0.803. The van der Waals surface area contributed by atoms with Crippen LogP contribution in [-0.4, -0.2) is 50.1 Å². The number of hydrogen-bond donors (Lipinski definition) is 1. The average Bonchev–Trinajstić information content (AvgIpc) is 3.05. The molecular weight excluding hydrogens is 379 g/mol. The van der Waals surface area contributed by atoms with Crippen LogP contribution in [0.25, 0.3) is 11.0 Å². The van der Waals surface area contributed by atoms with Crippen LogP contribution in [0.4, 0.5) is 0 Å². The second-order valence-corrected chi connectivity index (χ2v) is 15.2. The number of aromatic nitrogens is 2. The van der Waals surface area contributed by atoms with E-state index < -0.39 is 15.2 Å². The first-order valence-corrected chi connectivity index (χ1v) is 13.4. The standard InChI is InChI=1S/C13H16BClN2O2.C6H16OSi/c1-12(2)13(3,4)19-14(18-12)8-7-17-11-10(8)9(15)5-6-16-11;1-7-5-6-8(2,3)4/h5-7H,1-4H3,(H,16,17);5-6H2,1-4H3. The highest BCUT2D eigenvalue weighted by molar-refractivity contribution is 6.76. The number of methoxy groups -OCH3 is 1. The Bertz CT molecular complexity index is 758. The van der Waals surface area contributed by atoms with Crippen molar-refractivity contribution in [3.05, 3.63) is 23.5 Å². The summed E-state index contributed by atoms with van der Waals surface area (Å²) in [5.41, 5.74) is 0.912. The molecule has 0 amide bonds. The van der Waals surface area contributed by atoms with Crippen LogP contribution >= 0.6 is 11.6 Å². The van der Waals surface area contributed by atoms with Gasteiger partial charge in [-0.25, -0.2) is 4.98 Å². The maximum Gasteiger partial charge on any atom is 0.497 e. The lowest BCUT2D eigenvalue weighted by molar-refractivity contribution is 0.00578. The summed E-state index contributed by atoms with van der Waals surface area (Å²) in [7, 11) is 0.531. The highest BCUT2D eigenvalue weighted by Gasteiger charge is 2.52. The summed E-state index contributed by atoms with van der Waals surface area (Å²) >= 11 is 6.25. The highest BCUT2D eigenvalue weighted by atomic mass is 35.5. The molecule has 3 rings (SSSR count). The topological polar surface area (TPSA) is 56.4 Å². The Labute approximate surface area is 169 Å². The first-order valence-electron chi connectivity index (χ1n) is 9.34. The van der Waals surface area contributed by atoms with Gasteiger partial charge in [0.05, 0.1) is 16.2 Å². The zero-order valence-electron chi connectivity index (χ0n) is 17.8. The molecule has 2 aromatic heterocycles. The molecule has 0 saturated carbocycles. The van der Waals surface area contributed by atoms with E-state index in [9.17, 15) is 0 Å². The SMILES string of the molecule is CC1(C)OB(c2c[nH]c3nccc(Cl)c23)OC1(C)C.COCC[Si](C)(C)C. The molecule has 0 unspecified atom stereocenters. The van der Waals surface area contributed by atoms with E-state index in [0.717, 1.165) is 23.1 Å². The zero-order valence-corrected chi connectivity index (χ0v) is 19.5. The fraction of sp³-hybridized carbons (Fsp3) is 0.632. The Morgan fingerprint density at radius 1 is 1.19 bits per heavy atom. The van der Waals surface area contributed by atoms with Gasteiger partial charge in [-0.15, -0.1) is 0 Å². The number of pyridine rings is 1. The molecule has 1 aliphatic heterocycles. The van der Waals surface area contributed by atoms with Gasteiger partial charge < -0.3 is 19.0 Å². The molecule has 150 valence electrons. The fourth-order valence-electron chi connectivity index (χ4n) is 2.60. The number of aromatic amines is 1. The molecule has 2 aromatic rings. The summed E-state index contributed by atoms with van der Waals surface area (Å²) in [5, 5.41) is 1.51. The van der Waals surface area contributed by atoms with Gasteiger partial charge in [-0.05, 0) is 39.8 Å². The first-order chi connectivity index (χ1) is 12.4. The molecule has 27 heavy (non-hydrogen) atoms. The smallest absolute Gasteiger partial charge is 0.399 e. The molecule has 0 spiro atoms. The summed E-state index contributed by atoms with van der Waals surface area (Å²) in [4.78, 5) is 7.36. The molecule has 1 saturated heterocycles. The van der Waals surface area contributed by atoms with E-state index in [2.05, 4.69) is 29.6 Å². The van der Waals surface area contributed by atoms with Crippen molar-refractivity contribution in [2.75, 3.05) is 13.7 Å². The molecule has 1 fully saturated rings. The van der Waals surface area contributed by atoms with Gasteiger partial charge in [-0.3, -0.25) is 0 Å². The Hall–Kier alpha value is -0.858. The number of fused-ring (bicyclic) bond motifs is 1. The van der Waals surface area contributed by atoms with Gasteiger partial charge in [0.25, 0.3) is 0 Å². The third-order valence-corrected chi connectivity index (χ3v) is 7.14. The van der Waals surface area contributed by atoms with Gasteiger partial charge in [0.2, 0.25) is 0 Å². The van der Waals surface area contributed by atoms with Gasteiger partial charge in [0.1, 0.15) is 5.65 Å². The van der Waals surface area contributed by atoms with Crippen molar-refractivity contribution < 1.29 is 14.0 Å². The van der Waals surface area contributed by atoms with E-state index in [1.54, 1.807) is 19.4 Å². The van der Waals surface area contributed by atoms with Crippen LogP contribution in [0.3, 0.4) is 0 Å². The number of nitrogens with one attached hydrogen (secondary N) is 1. The monoisotopic (exact) mass is 410 g/mol. The molecule has 1 N–H and O–H groups in total. The van der Waals surface area contributed by atoms with E-state index in [1.165, 1.54) is 6.04 Å². The summed E-state index contributed by atoms with van der Waals surface area (Å²) in [5.74, 6) is 0. The predicted molar refractivity (Wildman–Crippen MR) is 117 cm³/mol. The van der Waals surface area contributed by atoms with Gasteiger partial charge >= 0.3 is 7.12 Å². The van der Waals surface area contributed by atoms with E-state index in [-0.39, 0.29) is 11.2 Å². The molecule has 5 nitrogen and oxygen atoms in total. The number of halogens is 1. The molecule has 3 heterocycles. The van der Waals surface area contributed by atoms with Crippen molar-refractivity contribution in [2.45, 2.75) is 64.6 Å². The van der Waals surface area contributed by atoms with Crippen LogP contribution in [-0.2, 0) is 14.0 Å². The second-order valence-electron chi connectivity index (χ2n) is 9.15. The van der Waals surface area contributed by atoms with Crippen molar-refractivity contribution in [1.82, 2.24) is 9.97 Å². The Morgan fingerprint density at radius 2 is 1.78 bits per heavy atom. The van der Waals surface area contributed by atoms with E-state index in [4.69, 9.17) is 25.6 Å².